The summed E-state index contributed by atoms with van der Waals surface area (Å²) in [5.41, 5.74) is 3.11. The van der Waals surface area contributed by atoms with E-state index in [0.29, 0.717) is 5.56 Å². The number of carbonyl (C=O) groups excluding carboxylic acids is 1. The van der Waals surface area contributed by atoms with Gasteiger partial charge in [-0.1, -0.05) is 0 Å². The number of furan rings is 1. The van der Waals surface area contributed by atoms with Gasteiger partial charge in [0.2, 0.25) is 0 Å². The molecule has 2 aromatic rings. The van der Waals surface area contributed by atoms with Crippen molar-refractivity contribution in [1.29, 1.82) is 0 Å². The average molecular weight is 286 g/mol. The van der Waals surface area contributed by atoms with Crippen LogP contribution < -0.4 is 4.90 Å². The first-order valence-electron chi connectivity index (χ1n) is 7.05. The van der Waals surface area contributed by atoms with Crippen molar-refractivity contribution >= 4 is 12.0 Å². The number of hydrogen-bond acceptors (Lipinski definition) is 5. The van der Waals surface area contributed by atoms with E-state index in [9.17, 15) is 4.79 Å². The van der Waals surface area contributed by atoms with Crippen molar-refractivity contribution in [2.45, 2.75) is 26.1 Å². The largest absolute Gasteiger partial charge is 0.472 e. The molecule has 0 amide bonds. The molecule has 1 fully saturated rings. The van der Waals surface area contributed by atoms with Crippen LogP contribution in [0, 0.1) is 0 Å². The second kappa shape index (κ2) is 5.69. The molecule has 1 aliphatic heterocycles. The summed E-state index contributed by atoms with van der Waals surface area (Å²) in [6, 6.07) is 3.63. The molecule has 2 atom stereocenters. The van der Waals surface area contributed by atoms with Crippen LogP contribution in [0.5, 0.6) is 0 Å². The van der Waals surface area contributed by atoms with E-state index in [1.165, 1.54) is 0 Å². The third-order valence-electron chi connectivity index (χ3n) is 3.62. The number of rotatable bonds is 3. The molecule has 0 radical (unpaired) electrons. The number of hydrogen-bond donors (Lipinski definition) is 0. The predicted molar refractivity (Wildman–Crippen MR) is 79.5 cm³/mol. The number of nitrogens with zero attached hydrogens (tertiary/aromatic N) is 2. The Kier molecular flexibility index (Phi) is 3.75. The van der Waals surface area contributed by atoms with Crippen LogP contribution in [0.15, 0.2) is 35.3 Å². The molecule has 1 aliphatic rings. The number of morpholine rings is 1. The highest BCUT2D eigenvalue weighted by atomic mass is 16.5. The van der Waals surface area contributed by atoms with Crippen LogP contribution >= 0.6 is 0 Å². The zero-order valence-electron chi connectivity index (χ0n) is 12.2. The SMILES string of the molecule is CC1CN(c2cnc(-c3ccoc3)cc2C=O)CC(C)O1. The Morgan fingerprint density at radius 2 is 2.10 bits per heavy atom. The van der Waals surface area contributed by atoms with Gasteiger partial charge in [0.15, 0.2) is 6.29 Å². The Morgan fingerprint density at radius 3 is 2.71 bits per heavy atom. The van der Waals surface area contributed by atoms with Gasteiger partial charge in [0.1, 0.15) is 0 Å². The number of anilines is 1. The molecule has 0 N–H and O–H groups in total. The number of aromatic nitrogens is 1. The minimum Gasteiger partial charge on any atom is -0.472 e. The first kappa shape index (κ1) is 13.8. The lowest BCUT2D eigenvalue weighted by Gasteiger charge is -2.37. The molecule has 5 nitrogen and oxygen atoms in total. The summed E-state index contributed by atoms with van der Waals surface area (Å²) in [5, 5.41) is 0. The molecule has 110 valence electrons. The highest BCUT2D eigenvalue weighted by Crippen LogP contribution is 2.26. The van der Waals surface area contributed by atoms with Crippen LogP contribution in [0.25, 0.3) is 11.3 Å². The number of aldehydes is 1. The van der Waals surface area contributed by atoms with Gasteiger partial charge in [-0.15, -0.1) is 0 Å². The summed E-state index contributed by atoms with van der Waals surface area (Å²) in [4.78, 5) is 18.1. The van der Waals surface area contributed by atoms with Gasteiger partial charge in [-0.2, -0.15) is 0 Å². The van der Waals surface area contributed by atoms with Gasteiger partial charge >= 0.3 is 0 Å². The van der Waals surface area contributed by atoms with Crippen molar-refractivity contribution in [3.63, 3.8) is 0 Å². The molecule has 1 saturated heterocycles. The lowest BCUT2D eigenvalue weighted by Crippen LogP contribution is -2.45. The molecule has 5 heteroatoms. The molecule has 3 heterocycles. The summed E-state index contributed by atoms with van der Waals surface area (Å²) in [6.45, 7) is 5.60. The standard InChI is InChI=1S/C16H18N2O3/c1-11-7-18(8-12(2)21-11)16-6-17-15(5-14(16)9-19)13-3-4-20-10-13/h3-6,9-12H,7-8H2,1-2H3. The molecule has 0 saturated carbocycles. The maximum Gasteiger partial charge on any atom is 0.152 e. The fourth-order valence-electron chi connectivity index (χ4n) is 2.77. The summed E-state index contributed by atoms with van der Waals surface area (Å²) in [5.74, 6) is 0. The molecule has 2 aromatic heterocycles. The molecule has 21 heavy (non-hydrogen) atoms. The van der Waals surface area contributed by atoms with E-state index in [1.54, 1.807) is 24.8 Å². The van der Waals surface area contributed by atoms with Gasteiger partial charge < -0.3 is 14.1 Å². The van der Waals surface area contributed by atoms with Crippen molar-refractivity contribution in [1.82, 2.24) is 4.98 Å². The van der Waals surface area contributed by atoms with Crippen molar-refractivity contribution in [2.24, 2.45) is 0 Å². The molecule has 0 spiro atoms. The third-order valence-corrected chi connectivity index (χ3v) is 3.62. The molecule has 2 unspecified atom stereocenters. The number of ether oxygens (including phenoxy) is 1. The Bertz CT molecular complexity index is 614. The summed E-state index contributed by atoms with van der Waals surface area (Å²) in [6.07, 6.45) is 6.14. The second-order valence-electron chi connectivity index (χ2n) is 5.42. The van der Waals surface area contributed by atoms with Crippen molar-refractivity contribution < 1.29 is 13.9 Å². The van der Waals surface area contributed by atoms with Gasteiger partial charge in [0, 0.05) is 24.2 Å². The van der Waals surface area contributed by atoms with E-state index in [-0.39, 0.29) is 12.2 Å². The molecule has 3 rings (SSSR count). The van der Waals surface area contributed by atoms with Gasteiger partial charge in [0.05, 0.1) is 42.3 Å². The zero-order valence-corrected chi connectivity index (χ0v) is 12.2. The highest BCUT2D eigenvalue weighted by Gasteiger charge is 2.24. The van der Waals surface area contributed by atoms with Gasteiger partial charge in [0.25, 0.3) is 0 Å². The zero-order chi connectivity index (χ0) is 14.8. The fourth-order valence-corrected chi connectivity index (χ4v) is 2.77. The van der Waals surface area contributed by atoms with Crippen molar-refractivity contribution in [3.05, 3.63) is 36.4 Å². The quantitative estimate of drug-likeness (QED) is 0.812. The van der Waals surface area contributed by atoms with E-state index < -0.39 is 0 Å². The van der Waals surface area contributed by atoms with Crippen molar-refractivity contribution in [3.8, 4) is 11.3 Å². The minimum atomic E-state index is 0.141. The van der Waals surface area contributed by atoms with E-state index in [0.717, 1.165) is 36.3 Å². The van der Waals surface area contributed by atoms with Crippen LogP contribution in [-0.4, -0.2) is 36.6 Å². The summed E-state index contributed by atoms with van der Waals surface area (Å²) in [7, 11) is 0. The van der Waals surface area contributed by atoms with Gasteiger partial charge in [-0.05, 0) is 26.0 Å². The molecule has 0 aromatic carbocycles. The Labute approximate surface area is 123 Å². The van der Waals surface area contributed by atoms with Crippen LogP contribution in [0.1, 0.15) is 24.2 Å². The van der Waals surface area contributed by atoms with Gasteiger partial charge in [-0.3, -0.25) is 9.78 Å². The molecular formula is C16H18N2O3. The van der Waals surface area contributed by atoms with Crippen LogP contribution in [0.2, 0.25) is 0 Å². The molecule has 0 aliphatic carbocycles. The number of carbonyl (C=O) groups is 1. The summed E-state index contributed by atoms with van der Waals surface area (Å²) >= 11 is 0. The Morgan fingerprint density at radius 1 is 1.33 bits per heavy atom. The molecule has 0 bridgehead atoms. The van der Waals surface area contributed by atoms with E-state index >= 15 is 0 Å². The lowest BCUT2D eigenvalue weighted by atomic mass is 10.1. The minimum absolute atomic E-state index is 0.141. The van der Waals surface area contributed by atoms with Crippen LogP contribution in [0.4, 0.5) is 5.69 Å². The molecular weight excluding hydrogens is 268 g/mol. The lowest BCUT2D eigenvalue weighted by molar-refractivity contribution is -0.00527. The topological polar surface area (TPSA) is 55.6 Å². The van der Waals surface area contributed by atoms with Crippen LogP contribution in [-0.2, 0) is 4.74 Å². The Hall–Kier alpha value is -2.14. The maximum atomic E-state index is 11.4. The first-order valence-corrected chi connectivity index (χ1v) is 7.05. The maximum absolute atomic E-state index is 11.4. The monoisotopic (exact) mass is 286 g/mol. The summed E-state index contributed by atoms with van der Waals surface area (Å²) < 4.78 is 10.8. The normalized spacial score (nSPS) is 22.3. The van der Waals surface area contributed by atoms with E-state index in [1.807, 2.05) is 19.9 Å². The second-order valence-corrected chi connectivity index (χ2v) is 5.42. The van der Waals surface area contributed by atoms with Gasteiger partial charge in [-0.25, -0.2) is 0 Å². The highest BCUT2D eigenvalue weighted by molar-refractivity contribution is 5.86. The van der Waals surface area contributed by atoms with Crippen molar-refractivity contribution in [2.75, 3.05) is 18.0 Å². The average Bonchev–Trinajstić information content (AvgIpc) is 2.99. The fraction of sp³-hybridized carbons (Fsp3) is 0.375. The number of pyridine rings is 1. The first-order chi connectivity index (χ1) is 10.2. The van der Waals surface area contributed by atoms with Crippen LogP contribution in [0.3, 0.4) is 0 Å². The van der Waals surface area contributed by atoms with E-state index in [2.05, 4.69) is 9.88 Å². The smallest absolute Gasteiger partial charge is 0.152 e. The third kappa shape index (κ3) is 2.83. The van der Waals surface area contributed by atoms with E-state index in [4.69, 9.17) is 9.15 Å². The Balaban J connectivity index is 1.94. The predicted octanol–water partition coefficient (Wildman–Crippen LogP) is 2.77.